The third-order valence-electron chi connectivity index (χ3n) is 3.56. The molecule has 0 saturated carbocycles. The molecule has 0 aliphatic carbocycles. The number of carbonyl (C=O) groups excluding carboxylic acids is 1. The normalized spacial score (nSPS) is 10.7. The molecule has 0 fully saturated rings. The van der Waals surface area contributed by atoms with E-state index in [0.29, 0.717) is 6.42 Å². The van der Waals surface area contributed by atoms with Crippen LogP contribution >= 0.6 is 0 Å². The summed E-state index contributed by atoms with van der Waals surface area (Å²) in [5.74, 6) is 0.188. The highest BCUT2D eigenvalue weighted by Crippen LogP contribution is 2.09. The van der Waals surface area contributed by atoms with Crippen LogP contribution in [0.5, 0.6) is 0 Å². The van der Waals surface area contributed by atoms with Gasteiger partial charge in [0.25, 0.3) is 0 Å². The second kappa shape index (κ2) is 16.5. The van der Waals surface area contributed by atoms with Crippen molar-refractivity contribution >= 4 is 5.91 Å². The molecule has 2 N–H and O–H groups in total. The molecular weight excluding hydrogens is 248 g/mol. The Labute approximate surface area is 126 Å². The van der Waals surface area contributed by atoms with Crippen LogP contribution in [0, 0.1) is 0 Å². The predicted octanol–water partition coefficient (Wildman–Crippen LogP) is 4.02. The van der Waals surface area contributed by atoms with Gasteiger partial charge < -0.3 is 10.6 Å². The van der Waals surface area contributed by atoms with Gasteiger partial charge in [0.1, 0.15) is 0 Å². The molecule has 0 atom stereocenters. The van der Waals surface area contributed by atoms with Gasteiger partial charge in [0, 0.05) is 19.5 Å². The van der Waals surface area contributed by atoms with Crippen molar-refractivity contribution in [2.75, 3.05) is 19.6 Å². The van der Waals surface area contributed by atoms with E-state index in [9.17, 15) is 4.79 Å². The van der Waals surface area contributed by atoms with E-state index in [1.54, 1.807) is 0 Å². The maximum absolute atomic E-state index is 11.5. The van der Waals surface area contributed by atoms with Gasteiger partial charge in [0.15, 0.2) is 0 Å². The fourth-order valence-electron chi connectivity index (χ4n) is 2.26. The Morgan fingerprint density at radius 2 is 1.30 bits per heavy atom. The van der Waals surface area contributed by atoms with Crippen LogP contribution < -0.4 is 10.6 Å². The van der Waals surface area contributed by atoms with Gasteiger partial charge in [-0.2, -0.15) is 0 Å². The molecule has 0 aliphatic heterocycles. The third-order valence-corrected chi connectivity index (χ3v) is 3.56. The number of rotatable bonds is 15. The fourth-order valence-corrected chi connectivity index (χ4v) is 2.26. The van der Waals surface area contributed by atoms with Crippen LogP contribution in [0.3, 0.4) is 0 Å². The molecule has 0 aromatic heterocycles. The summed E-state index contributed by atoms with van der Waals surface area (Å²) < 4.78 is 0. The molecule has 20 heavy (non-hydrogen) atoms. The standard InChI is InChI=1S/C17H36N2O/c1-3-5-6-7-8-9-10-11-12-15-19-17(20)13-16-18-14-4-2/h18H,3-16H2,1-2H3,(H,19,20). The van der Waals surface area contributed by atoms with Crippen molar-refractivity contribution < 1.29 is 4.79 Å². The summed E-state index contributed by atoms with van der Waals surface area (Å²) in [4.78, 5) is 11.5. The first kappa shape index (κ1) is 19.4. The highest BCUT2D eigenvalue weighted by molar-refractivity contribution is 5.75. The summed E-state index contributed by atoms with van der Waals surface area (Å²) in [6.07, 6.45) is 13.7. The van der Waals surface area contributed by atoms with E-state index in [4.69, 9.17) is 0 Å². The zero-order valence-electron chi connectivity index (χ0n) is 13.8. The SMILES string of the molecule is CCCCCCCCCCCNC(=O)CCNCCC. The lowest BCUT2D eigenvalue weighted by Gasteiger charge is -2.06. The lowest BCUT2D eigenvalue weighted by molar-refractivity contribution is -0.121. The Morgan fingerprint density at radius 1 is 0.700 bits per heavy atom. The summed E-state index contributed by atoms with van der Waals surface area (Å²) in [5, 5.41) is 6.24. The molecule has 0 spiro atoms. The van der Waals surface area contributed by atoms with Crippen molar-refractivity contribution in [1.29, 1.82) is 0 Å². The third kappa shape index (κ3) is 15.5. The topological polar surface area (TPSA) is 41.1 Å². The second-order valence-corrected chi connectivity index (χ2v) is 5.68. The van der Waals surface area contributed by atoms with Gasteiger partial charge in [-0.25, -0.2) is 0 Å². The maximum Gasteiger partial charge on any atom is 0.221 e. The van der Waals surface area contributed by atoms with Crippen LogP contribution in [0.1, 0.15) is 84.5 Å². The Bertz CT molecular complexity index is 207. The number of carbonyl (C=O) groups is 1. The molecule has 0 saturated heterocycles. The van der Waals surface area contributed by atoms with Gasteiger partial charge in [-0.3, -0.25) is 4.79 Å². The van der Waals surface area contributed by atoms with Gasteiger partial charge in [0.05, 0.1) is 0 Å². The first-order valence-corrected chi connectivity index (χ1v) is 8.78. The van der Waals surface area contributed by atoms with E-state index in [2.05, 4.69) is 24.5 Å². The average Bonchev–Trinajstić information content (AvgIpc) is 2.45. The van der Waals surface area contributed by atoms with Gasteiger partial charge in [-0.05, 0) is 19.4 Å². The minimum atomic E-state index is 0.188. The number of nitrogens with one attached hydrogen (secondary N) is 2. The van der Waals surface area contributed by atoms with Gasteiger partial charge in [-0.15, -0.1) is 0 Å². The lowest BCUT2D eigenvalue weighted by atomic mass is 10.1. The molecule has 0 bridgehead atoms. The molecular formula is C17H36N2O. The first-order valence-electron chi connectivity index (χ1n) is 8.78. The van der Waals surface area contributed by atoms with E-state index in [-0.39, 0.29) is 5.91 Å². The fraction of sp³-hybridized carbons (Fsp3) is 0.941. The van der Waals surface area contributed by atoms with Gasteiger partial charge in [0.2, 0.25) is 5.91 Å². The minimum Gasteiger partial charge on any atom is -0.356 e. The van der Waals surface area contributed by atoms with Crippen LogP contribution in [-0.2, 0) is 4.79 Å². The van der Waals surface area contributed by atoms with Gasteiger partial charge >= 0.3 is 0 Å². The van der Waals surface area contributed by atoms with Crippen molar-refractivity contribution in [3.05, 3.63) is 0 Å². The highest BCUT2D eigenvalue weighted by Gasteiger charge is 1.99. The zero-order chi connectivity index (χ0) is 14.9. The van der Waals surface area contributed by atoms with Crippen molar-refractivity contribution in [2.45, 2.75) is 84.5 Å². The van der Waals surface area contributed by atoms with Crippen LogP contribution in [0.25, 0.3) is 0 Å². The van der Waals surface area contributed by atoms with Crippen LogP contribution in [0.2, 0.25) is 0 Å². The number of unbranched alkanes of at least 4 members (excludes halogenated alkanes) is 8. The zero-order valence-corrected chi connectivity index (χ0v) is 13.8. The van der Waals surface area contributed by atoms with E-state index in [1.165, 1.54) is 51.4 Å². The molecule has 0 rings (SSSR count). The van der Waals surface area contributed by atoms with Crippen molar-refractivity contribution in [2.24, 2.45) is 0 Å². The molecule has 0 heterocycles. The number of amides is 1. The molecule has 1 amide bonds. The van der Waals surface area contributed by atoms with Crippen molar-refractivity contribution in [3.8, 4) is 0 Å². The molecule has 3 nitrogen and oxygen atoms in total. The molecule has 0 radical (unpaired) electrons. The average molecular weight is 284 g/mol. The molecule has 0 unspecified atom stereocenters. The Kier molecular flexibility index (Phi) is 16.0. The molecule has 120 valence electrons. The largest absolute Gasteiger partial charge is 0.356 e. The highest BCUT2D eigenvalue weighted by atomic mass is 16.1. The summed E-state index contributed by atoms with van der Waals surface area (Å²) in [5.41, 5.74) is 0. The Balaban J connectivity index is 3.09. The summed E-state index contributed by atoms with van der Waals surface area (Å²) >= 11 is 0. The quantitative estimate of drug-likeness (QED) is 0.446. The summed E-state index contributed by atoms with van der Waals surface area (Å²) in [6, 6.07) is 0. The van der Waals surface area contributed by atoms with Crippen molar-refractivity contribution in [1.82, 2.24) is 10.6 Å². The number of hydrogen-bond acceptors (Lipinski definition) is 2. The van der Waals surface area contributed by atoms with E-state index >= 15 is 0 Å². The smallest absolute Gasteiger partial charge is 0.221 e. The first-order chi connectivity index (χ1) is 9.81. The predicted molar refractivity (Wildman–Crippen MR) is 88.0 cm³/mol. The molecule has 0 aromatic rings. The molecule has 0 aromatic carbocycles. The minimum absolute atomic E-state index is 0.188. The lowest BCUT2D eigenvalue weighted by Crippen LogP contribution is -2.28. The second-order valence-electron chi connectivity index (χ2n) is 5.68. The molecule has 0 aliphatic rings. The monoisotopic (exact) mass is 284 g/mol. The van der Waals surface area contributed by atoms with Crippen LogP contribution in [-0.4, -0.2) is 25.5 Å². The van der Waals surface area contributed by atoms with Gasteiger partial charge in [-0.1, -0.05) is 65.2 Å². The Morgan fingerprint density at radius 3 is 1.90 bits per heavy atom. The maximum atomic E-state index is 11.5. The summed E-state index contributed by atoms with van der Waals surface area (Å²) in [7, 11) is 0. The van der Waals surface area contributed by atoms with E-state index in [0.717, 1.165) is 32.5 Å². The Hall–Kier alpha value is -0.570. The van der Waals surface area contributed by atoms with Crippen molar-refractivity contribution in [3.63, 3.8) is 0 Å². The van der Waals surface area contributed by atoms with Crippen LogP contribution in [0.15, 0.2) is 0 Å². The molecule has 3 heteroatoms. The van der Waals surface area contributed by atoms with Crippen LogP contribution in [0.4, 0.5) is 0 Å². The van der Waals surface area contributed by atoms with E-state index < -0.39 is 0 Å². The summed E-state index contributed by atoms with van der Waals surface area (Å²) in [6.45, 7) is 7.05. The number of hydrogen-bond donors (Lipinski definition) is 2. The van der Waals surface area contributed by atoms with E-state index in [1.807, 2.05) is 0 Å².